The SMILES string of the molecule is CC(CC(Cc1ccccc1)=NN(C)C)=NN(C)C. The second-order valence-corrected chi connectivity index (χ2v) is 5.04. The maximum absolute atomic E-state index is 4.57. The van der Waals surface area contributed by atoms with Gasteiger partial charge in [-0.05, 0) is 12.5 Å². The standard InChI is InChI=1S/C15H24N4/c1-13(16-18(2)3)11-15(17-19(4)5)12-14-9-7-6-8-10-14/h6-10H,11-12H2,1-5H3. The smallest absolute Gasteiger partial charge is 0.0480 e. The molecule has 1 rings (SSSR count). The zero-order valence-corrected chi connectivity index (χ0v) is 12.6. The molecule has 0 spiro atoms. The van der Waals surface area contributed by atoms with Crippen molar-refractivity contribution in [2.45, 2.75) is 19.8 Å². The summed E-state index contributed by atoms with van der Waals surface area (Å²) in [5.74, 6) is 0. The van der Waals surface area contributed by atoms with Crippen LogP contribution in [0.25, 0.3) is 0 Å². The quantitative estimate of drug-likeness (QED) is 0.581. The van der Waals surface area contributed by atoms with E-state index in [2.05, 4.69) is 34.5 Å². The maximum atomic E-state index is 4.57. The Bertz CT molecular complexity index is 433. The number of benzene rings is 1. The monoisotopic (exact) mass is 260 g/mol. The van der Waals surface area contributed by atoms with Crippen molar-refractivity contribution in [2.75, 3.05) is 28.2 Å². The summed E-state index contributed by atoms with van der Waals surface area (Å²) in [7, 11) is 7.76. The van der Waals surface area contributed by atoms with Gasteiger partial charge in [0, 0.05) is 52.5 Å². The molecule has 0 atom stereocenters. The zero-order chi connectivity index (χ0) is 14.3. The Kier molecular flexibility index (Phi) is 6.06. The van der Waals surface area contributed by atoms with Gasteiger partial charge in [-0.2, -0.15) is 10.2 Å². The summed E-state index contributed by atoms with van der Waals surface area (Å²) in [5, 5.41) is 12.7. The third-order valence-electron chi connectivity index (χ3n) is 2.42. The van der Waals surface area contributed by atoms with E-state index in [1.54, 1.807) is 0 Å². The molecule has 0 bridgehead atoms. The van der Waals surface area contributed by atoms with Gasteiger partial charge in [-0.3, -0.25) is 0 Å². The lowest BCUT2D eigenvalue weighted by Crippen LogP contribution is -2.16. The van der Waals surface area contributed by atoms with E-state index >= 15 is 0 Å². The van der Waals surface area contributed by atoms with E-state index in [-0.39, 0.29) is 0 Å². The lowest BCUT2D eigenvalue weighted by molar-refractivity contribution is 0.433. The van der Waals surface area contributed by atoms with Gasteiger partial charge in [0.05, 0.1) is 0 Å². The first-order valence-corrected chi connectivity index (χ1v) is 6.46. The number of hydrazone groups is 2. The van der Waals surface area contributed by atoms with Crippen molar-refractivity contribution in [1.29, 1.82) is 0 Å². The molecule has 0 saturated carbocycles. The third kappa shape index (κ3) is 6.60. The predicted octanol–water partition coefficient (Wildman–Crippen LogP) is 2.47. The van der Waals surface area contributed by atoms with Crippen molar-refractivity contribution in [3.05, 3.63) is 35.9 Å². The highest BCUT2D eigenvalue weighted by atomic mass is 15.4. The van der Waals surface area contributed by atoms with Crippen LogP contribution in [-0.4, -0.2) is 49.6 Å². The van der Waals surface area contributed by atoms with Gasteiger partial charge in [0.1, 0.15) is 0 Å². The molecule has 0 heterocycles. The van der Waals surface area contributed by atoms with Gasteiger partial charge in [-0.1, -0.05) is 30.3 Å². The molecule has 0 unspecified atom stereocenters. The second-order valence-electron chi connectivity index (χ2n) is 5.04. The highest BCUT2D eigenvalue weighted by Crippen LogP contribution is 2.05. The molecule has 4 heteroatoms. The predicted molar refractivity (Wildman–Crippen MR) is 82.7 cm³/mol. The van der Waals surface area contributed by atoms with Crippen molar-refractivity contribution in [3.63, 3.8) is 0 Å². The highest BCUT2D eigenvalue weighted by Gasteiger charge is 2.05. The molecular formula is C15H24N4. The molecule has 0 amide bonds. The summed E-state index contributed by atoms with van der Waals surface area (Å²) >= 11 is 0. The van der Waals surface area contributed by atoms with Gasteiger partial charge in [0.25, 0.3) is 0 Å². The summed E-state index contributed by atoms with van der Waals surface area (Å²) in [5.41, 5.74) is 3.47. The fraction of sp³-hybridized carbons (Fsp3) is 0.467. The molecule has 1 aromatic rings. The fourth-order valence-corrected chi connectivity index (χ4v) is 1.92. The largest absolute Gasteiger partial charge is 0.303 e. The van der Waals surface area contributed by atoms with Crippen molar-refractivity contribution in [2.24, 2.45) is 10.2 Å². The van der Waals surface area contributed by atoms with Crippen molar-refractivity contribution < 1.29 is 0 Å². The van der Waals surface area contributed by atoms with Gasteiger partial charge in [-0.25, -0.2) is 0 Å². The van der Waals surface area contributed by atoms with E-state index in [0.717, 1.165) is 24.3 Å². The molecule has 0 radical (unpaired) electrons. The Morgan fingerprint density at radius 1 is 0.947 bits per heavy atom. The molecular weight excluding hydrogens is 236 g/mol. The Balaban J connectivity index is 2.79. The number of hydrogen-bond acceptors (Lipinski definition) is 4. The Morgan fingerprint density at radius 3 is 2.05 bits per heavy atom. The first kappa shape index (κ1) is 15.2. The molecule has 0 N–H and O–H groups in total. The first-order chi connectivity index (χ1) is 8.97. The molecule has 4 nitrogen and oxygen atoms in total. The molecule has 0 aliphatic heterocycles. The molecule has 0 saturated heterocycles. The second kappa shape index (κ2) is 7.56. The average molecular weight is 260 g/mol. The van der Waals surface area contributed by atoms with Crippen molar-refractivity contribution in [3.8, 4) is 0 Å². The summed E-state index contributed by atoms with van der Waals surface area (Å²) in [4.78, 5) is 0. The van der Waals surface area contributed by atoms with Crippen molar-refractivity contribution >= 4 is 11.4 Å². The minimum absolute atomic E-state index is 0.797. The van der Waals surface area contributed by atoms with Crippen LogP contribution < -0.4 is 0 Å². The van der Waals surface area contributed by atoms with Gasteiger partial charge in [0.15, 0.2) is 0 Å². The van der Waals surface area contributed by atoms with Gasteiger partial charge >= 0.3 is 0 Å². The molecule has 1 aromatic carbocycles. The maximum Gasteiger partial charge on any atom is 0.0480 e. The van der Waals surface area contributed by atoms with Crippen LogP contribution in [0.2, 0.25) is 0 Å². The number of rotatable bonds is 6. The summed E-state index contributed by atoms with van der Waals surface area (Å²) in [6, 6.07) is 10.4. The normalized spacial score (nSPS) is 12.5. The third-order valence-corrected chi connectivity index (χ3v) is 2.42. The Hall–Kier alpha value is -1.84. The summed E-state index contributed by atoms with van der Waals surface area (Å²) in [6.45, 7) is 2.04. The van der Waals surface area contributed by atoms with Crippen molar-refractivity contribution in [1.82, 2.24) is 10.0 Å². The van der Waals surface area contributed by atoms with Crippen LogP contribution >= 0.6 is 0 Å². The molecule has 0 aliphatic carbocycles. The van der Waals surface area contributed by atoms with E-state index in [0.29, 0.717) is 0 Å². The summed E-state index contributed by atoms with van der Waals surface area (Å²) in [6.07, 6.45) is 1.66. The van der Waals surface area contributed by atoms with E-state index in [1.165, 1.54) is 5.56 Å². The summed E-state index contributed by atoms with van der Waals surface area (Å²) < 4.78 is 0. The zero-order valence-electron chi connectivity index (χ0n) is 12.6. The molecule has 0 aromatic heterocycles. The topological polar surface area (TPSA) is 31.2 Å². The lowest BCUT2D eigenvalue weighted by Gasteiger charge is -2.12. The van der Waals surface area contributed by atoms with Crippen LogP contribution in [0, 0.1) is 0 Å². The highest BCUT2D eigenvalue weighted by molar-refractivity contribution is 6.04. The van der Waals surface area contributed by atoms with E-state index in [9.17, 15) is 0 Å². The molecule has 104 valence electrons. The molecule has 19 heavy (non-hydrogen) atoms. The van der Waals surface area contributed by atoms with Gasteiger partial charge < -0.3 is 10.0 Å². The minimum Gasteiger partial charge on any atom is -0.303 e. The van der Waals surface area contributed by atoms with Crippen LogP contribution in [0.15, 0.2) is 40.5 Å². The van der Waals surface area contributed by atoms with E-state index < -0.39 is 0 Å². The Morgan fingerprint density at radius 2 is 1.53 bits per heavy atom. The first-order valence-electron chi connectivity index (χ1n) is 6.46. The van der Waals surface area contributed by atoms with Crippen LogP contribution in [0.5, 0.6) is 0 Å². The van der Waals surface area contributed by atoms with E-state index in [4.69, 9.17) is 0 Å². The van der Waals surface area contributed by atoms with Crippen LogP contribution in [0.1, 0.15) is 18.9 Å². The average Bonchev–Trinajstić information content (AvgIpc) is 2.27. The van der Waals surface area contributed by atoms with Crippen LogP contribution in [0.4, 0.5) is 0 Å². The van der Waals surface area contributed by atoms with Crippen LogP contribution in [-0.2, 0) is 6.42 Å². The number of nitrogens with zero attached hydrogens (tertiary/aromatic N) is 4. The Labute approximate surface area is 116 Å². The minimum atomic E-state index is 0.797. The lowest BCUT2D eigenvalue weighted by atomic mass is 10.0. The van der Waals surface area contributed by atoms with E-state index in [1.807, 2.05) is 51.2 Å². The van der Waals surface area contributed by atoms with Gasteiger partial charge in [0.2, 0.25) is 0 Å². The number of hydrogen-bond donors (Lipinski definition) is 0. The molecule has 0 fully saturated rings. The van der Waals surface area contributed by atoms with Gasteiger partial charge in [-0.15, -0.1) is 0 Å². The fourth-order valence-electron chi connectivity index (χ4n) is 1.92. The van der Waals surface area contributed by atoms with Crippen LogP contribution in [0.3, 0.4) is 0 Å². The molecule has 0 aliphatic rings.